The number of sulfonamides is 1. The van der Waals surface area contributed by atoms with E-state index < -0.39 is 15.6 Å². The van der Waals surface area contributed by atoms with Crippen molar-refractivity contribution in [3.05, 3.63) is 54.0 Å². The standard InChI is InChI=1S/C21H20N4O4S2/c1-21(2,14-22)29-18-6-4-3-5-16(18)25-10-11-28-19-13-15(7-8-17(19)25)31(26,27)24-20-23-9-12-30-20/h3-9,12-13H,10-11H2,1-2H3,(H,23,24). The number of thiazole rings is 1. The Balaban J connectivity index is 1.68. The van der Waals surface area contributed by atoms with Crippen LogP contribution in [-0.2, 0) is 10.0 Å². The molecule has 160 valence electrons. The van der Waals surface area contributed by atoms with Crippen LogP contribution in [0, 0.1) is 11.3 Å². The van der Waals surface area contributed by atoms with E-state index in [1.807, 2.05) is 23.1 Å². The first-order valence-electron chi connectivity index (χ1n) is 9.45. The van der Waals surface area contributed by atoms with E-state index in [0.29, 0.717) is 35.5 Å². The van der Waals surface area contributed by atoms with Gasteiger partial charge in [-0.3, -0.25) is 4.72 Å². The second kappa shape index (κ2) is 8.09. The summed E-state index contributed by atoms with van der Waals surface area (Å²) in [5, 5.41) is 11.3. The first-order chi connectivity index (χ1) is 14.8. The zero-order valence-electron chi connectivity index (χ0n) is 16.9. The van der Waals surface area contributed by atoms with Gasteiger partial charge in [-0.15, -0.1) is 11.3 Å². The maximum atomic E-state index is 12.7. The van der Waals surface area contributed by atoms with E-state index in [2.05, 4.69) is 15.8 Å². The minimum Gasteiger partial charge on any atom is -0.489 e. The second-order valence-electron chi connectivity index (χ2n) is 7.26. The van der Waals surface area contributed by atoms with Crippen LogP contribution in [0.1, 0.15) is 13.8 Å². The molecule has 0 saturated carbocycles. The molecule has 2 aromatic carbocycles. The Hall–Kier alpha value is -3.29. The molecule has 0 radical (unpaired) electrons. The summed E-state index contributed by atoms with van der Waals surface area (Å²) in [6, 6.07) is 14.3. The van der Waals surface area contributed by atoms with Crippen molar-refractivity contribution in [2.75, 3.05) is 22.8 Å². The molecule has 1 aliphatic heterocycles. The van der Waals surface area contributed by atoms with Gasteiger partial charge in [-0.25, -0.2) is 13.4 Å². The number of rotatable bonds is 6. The zero-order chi connectivity index (χ0) is 22.1. The molecule has 0 fully saturated rings. The molecule has 0 bridgehead atoms. The number of nitrogens with zero attached hydrogens (tertiary/aromatic N) is 3. The quantitative estimate of drug-likeness (QED) is 0.594. The van der Waals surface area contributed by atoms with Gasteiger partial charge < -0.3 is 14.4 Å². The van der Waals surface area contributed by atoms with E-state index >= 15 is 0 Å². The molecule has 0 amide bonds. The minimum atomic E-state index is -3.80. The summed E-state index contributed by atoms with van der Waals surface area (Å²) in [6.07, 6.45) is 1.53. The fourth-order valence-electron chi connectivity index (χ4n) is 3.13. The molecular formula is C21H20N4O4S2. The molecule has 10 heteroatoms. The molecule has 0 atom stereocenters. The molecule has 8 nitrogen and oxygen atoms in total. The maximum absolute atomic E-state index is 12.7. The molecule has 0 unspecified atom stereocenters. The van der Waals surface area contributed by atoms with Crippen LogP contribution in [-0.4, -0.2) is 32.2 Å². The van der Waals surface area contributed by atoms with Crippen molar-refractivity contribution >= 4 is 37.9 Å². The molecular weight excluding hydrogens is 436 g/mol. The number of ether oxygens (including phenoxy) is 2. The summed E-state index contributed by atoms with van der Waals surface area (Å²) in [5.74, 6) is 1.01. The van der Waals surface area contributed by atoms with Gasteiger partial charge in [-0.1, -0.05) is 12.1 Å². The van der Waals surface area contributed by atoms with Crippen molar-refractivity contribution in [1.82, 2.24) is 4.98 Å². The third-order valence-corrected chi connectivity index (χ3v) is 6.70. The Morgan fingerprint density at radius 1 is 1.26 bits per heavy atom. The van der Waals surface area contributed by atoms with Crippen LogP contribution in [0.15, 0.2) is 58.9 Å². The number of aromatic nitrogens is 1. The Morgan fingerprint density at radius 2 is 2.06 bits per heavy atom. The van der Waals surface area contributed by atoms with Crippen LogP contribution < -0.4 is 19.1 Å². The SMILES string of the molecule is CC(C)(C#N)Oc1ccccc1N1CCOc2cc(S(=O)(=O)Nc3nccs3)ccc21. The fraction of sp³-hybridized carbons (Fsp3) is 0.238. The Labute approximate surface area is 184 Å². The first kappa shape index (κ1) is 21.0. The van der Waals surface area contributed by atoms with Crippen molar-refractivity contribution < 1.29 is 17.9 Å². The molecule has 2 heterocycles. The number of anilines is 3. The lowest BCUT2D eigenvalue weighted by Gasteiger charge is -2.33. The number of hydrogen-bond acceptors (Lipinski definition) is 8. The average molecular weight is 457 g/mol. The molecule has 1 aliphatic rings. The van der Waals surface area contributed by atoms with E-state index in [-0.39, 0.29) is 4.90 Å². The van der Waals surface area contributed by atoms with Gasteiger partial charge in [-0.05, 0) is 38.1 Å². The summed E-state index contributed by atoms with van der Waals surface area (Å²) in [5.41, 5.74) is 0.488. The van der Waals surface area contributed by atoms with Crippen molar-refractivity contribution in [2.45, 2.75) is 24.3 Å². The topological polar surface area (TPSA) is 105 Å². The van der Waals surface area contributed by atoms with Crippen molar-refractivity contribution in [3.63, 3.8) is 0 Å². The Morgan fingerprint density at radius 3 is 2.81 bits per heavy atom. The number of nitriles is 1. The molecule has 0 spiro atoms. The third-order valence-electron chi connectivity index (χ3n) is 4.55. The van der Waals surface area contributed by atoms with Gasteiger partial charge >= 0.3 is 0 Å². The summed E-state index contributed by atoms with van der Waals surface area (Å²) in [6.45, 7) is 4.31. The van der Waals surface area contributed by atoms with E-state index in [1.54, 1.807) is 31.4 Å². The summed E-state index contributed by atoms with van der Waals surface area (Å²) in [7, 11) is -3.80. The predicted octanol–water partition coefficient (Wildman–Crippen LogP) is 4.16. The van der Waals surface area contributed by atoms with Crippen molar-refractivity contribution in [1.29, 1.82) is 5.26 Å². The smallest absolute Gasteiger partial charge is 0.263 e. The lowest BCUT2D eigenvalue weighted by molar-refractivity contribution is 0.170. The normalized spacial score (nSPS) is 13.6. The first-order valence-corrected chi connectivity index (χ1v) is 11.8. The van der Waals surface area contributed by atoms with Gasteiger partial charge in [0.15, 0.2) is 10.7 Å². The molecule has 0 saturated heterocycles. The largest absolute Gasteiger partial charge is 0.489 e. The zero-order valence-corrected chi connectivity index (χ0v) is 18.5. The molecule has 1 N–H and O–H groups in total. The molecule has 4 rings (SSSR count). The lowest BCUT2D eigenvalue weighted by Crippen LogP contribution is -2.31. The van der Waals surface area contributed by atoms with E-state index in [0.717, 1.165) is 5.69 Å². The Kier molecular flexibility index (Phi) is 5.47. The van der Waals surface area contributed by atoms with Crippen LogP contribution in [0.5, 0.6) is 11.5 Å². The van der Waals surface area contributed by atoms with Crippen LogP contribution in [0.3, 0.4) is 0 Å². The van der Waals surface area contributed by atoms with Gasteiger partial charge in [0.2, 0.25) is 0 Å². The minimum absolute atomic E-state index is 0.0819. The monoisotopic (exact) mass is 456 g/mol. The highest BCUT2D eigenvalue weighted by Gasteiger charge is 2.27. The molecule has 31 heavy (non-hydrogen) atoms. The molecule has 1 aromatic heterocycles. The van der Waals surface area contributed by atoms with Crippen LogP contribution in [0.2, 0.25) is 0 Å². The highest BCUT2D eigenvalue weighted by molar-refractivity contribution is 7.93. The second-order valence-corrected chi connectivity index (χ2v) is 9.84. The maximum Gasteiger partial charge on any atom is 0.263 e. The van der Waals surface area contributed by atoms with Gasteiger partial charge in [0, 0.05) is 17.6 Å². The summed E-state index contributed by atoms with van der Waals surface area (Å²) in [4.78, 5) is 6.04. The van der Waals surface area contributed by atoms with E-state index in [1.165, 1.54) is 29.7 Å². The van der Waals surface area contributed by atoms with Gasteiger partial charge in [0.25, 0.3) is 10.0 Å². The predicted molar refractivity (Wildman–Crippen MR) is 119 cm³/mol. The molecule has 3 aromatic rings. The fourth-order valence-corrected chi connectivity index (χ4v) is 4.93. The highest BCUT2D eigenvalue weighted by atomic mass is 32.2. The van der Waals surface area contributed by atoms with Crippen LogP contribution >= 0.6 is 11.3 Å². The highest BCUT2D eigenvalue weighted by Crippen LogP contribution is 2.42. The van der Waals surface area contributed by atoms with Gasteiger partial charge in [0.05, 0.1) is 22.8 Å². The summed E-state index contributed by atoms with van der Waals surface area (Å²) >= 11 is 1.20. The average Bonchev–Trinajstić information content (AvgIpc) is 3.25. The Bertz CT molecular complexity index is 1230. The van der Waals surface area contributed by atoms with Crippen molar-refractivity contribution in [3.8, 4) is 17.6 Å². The number of nitrogens with one attached hydrogen (secondary N) is 1. The third kappa shape index (κ3) is 4.42. The van der Waals surface area contributed by atoms with E-state index in [4.69, 9.17) is 9.47 Å². The van der Waals surface area contributed by atoms with Crippen LogP contribution in [0.4, 0.5) is 16.5 Å². The number of para-hydroxylation sites is 2. The number of hydrogen-bond donors (Lipinski definition) is 1. The van der Waals surface area contributed by atoms with Crippen LogP contribution in [0.25, 0.3) is 0 Å². The number of fused-ring (bicyclic) bond motifs is 1. The number of benzene rings is 2. The summed E-state index contributed by atoms with van der Waals surface area (Å²) < 4.78 is 39.6. The van der Waals surface area contributed by atoms with E-state index in [9.17, 15) is 13.7 Å². The molecule has 0 aliphatic carbocycles. The van der Waals surface area contributed by atoms with Crippen molar-refractivity contribution in [2.24, 2.45) is 0 Å². The lowest BCUT2D eigenvalue weighted by atomic mass is 10.1. The van der Waals surface area contributed by atoms with Gasteiger partial charge in [-0.2, -0.15) is 5.26 Å². The van der Waals surface area contributed by atoms with Gasteiger partial charge in [0.1, 0.15) is 24.2 Å².